The number of aromatic nitrogens is 4. The number of hydrogen-bond acceptors (Lipinski definition) is 7. The zero-order chi connectivity index (χ0) is 20.6. The maximum absolute atomic E-state index is 12.6. The van der Waals surface area contributed by atoms with Crippen LogP contribution in [0.25, 0.3) is 0 Å². The van der Waals surface area contributed by atoms with Gasteiger partial charge in [0.1, 0.15) is 12.4 Å². The summed E-state index contributed by atoms with van der Waals surface area (Å²) >= 11 is 5.89. The van der Waals surface area contributed by atoms with Crippen LogP contribution < -0.4 is 5.32 Å². The Morgan fingerprint density at radius 2 is 2.03 bits per heavy atom. The second kappa shape index (κ2) is 9.43. The summed E-state index contributed by atoms with van der Waals surface area (Å²) in [4.78, 5) is 24.8. The lowest BCUT2D eigenvalue weighted by Gasteiger charge is -2.15. The van der Waals surface area contributed by atoms with Crippen molar-refractivity contribution < 1.29 is 14.3 Å². The summed E-state index contributed by atoms with van der Waals surface area (Å²) in [7, 11) is 0. The smallest absolute Gasteiger partial charge is 0.331 e. The normalized spacial score (nSPS) is 11.3. The van der Waals surface area contributed by atoms with Crippen molar-refractivity contribution in [3.8, 4) is 6.07 Å². The van der Waals surface area contributed by atoms with Gasteiger partial charge in [0.15, 0.2) is 12.6 Å². The van der Waals surface area contributed by atoms with Crippen LogP contribution >= 0.6 is 11.6 Å². The van der Waals surface area contributed by atoms with Crippen molar-refractivity contribution in [3.05, 3.63) is 71.0 Å². The van der Waals surface area contributed by atoms with Crippen LogP contribution in [-0.4, -0.2) is 38.7 Å². The molecule has 0 fully saturated rings. The number of anilines is 1. The molecule has 3 rings (SSSR count). The molecule has 1 atom stereocenters. The van der Waals surface area contributed by atoms with Crippen molar-refractivity contribution in [1.29, 1.82) is 5.26 Å². The van der Waals surface area contributed by atoms with E-state index in [1.54, 1.807) is 0 Å². The van der Waals surface area contributed by atoms with Crippen LogP contribution in [0.15, 0.2) is 54.9 Å². The minimum Gasteiger partial charge on any atom is -0.454 e. The lowest BCUT2D eigenvalue weighted by Crippen LogP contribution is -2.28. The number of carbonyl (C=O) groups is 2. The van der Waals surface area contributed by atoms with E-state index in [4.69, 9.17) is 21.6 Å². The van der Waals surface area contributed by atoms with Crippen LogP contribution in [0.1, 0.15) is 17.2 Å². The molecular weight excluding hydrogens is 396 g/mol. The lowest BCUT2D eigenvalue weighted by atomic mass is 10.1. The van der Waals surface area contributed by atoms with E-state index in [2.05, 4.69) is 20.8 Å². The Kier molecular flexibility index (Phi) is 6.50. The van der Waals surface area contributed by atoms with E-state index in [9.17, 15) is 9.59 Å². The van der Waals surface area contributed by atoms with Crippen molar-refractivity contribution in [3.63, 3.8) is 0 Å². The van der Waals surface area contributed by atoms with E-state index in [1.807, 2.05) is 36.4 Å². The number of rotatable bonds is 7. The summed E-state index contributed by atoms with van der Waals surface area (Å²) in [5.74, 6) is -1.27. The molecule has 1 N–H and O–H groups in total. The van der Waals surface area contributed by atoms with E-state index in [0.29, 0.717) is 11.4 Å². The molecule has 0 aliphatic carbocycles. The minimum atomic E-state index is -0.832. The van der Waals surface area contributed by atoms with Gasteiger partial charge in [0.2, 0.25) is 0 Å². The predicted octanol–water partition coefficient (Wildman–Crippen LogP) is 2.16. The average Bonchev–Trinajstić information content (AvgIpc) is 3.26. The van der Waals surface area contributed by atoms with E-state index in [1.165, 1.54) is 29.2 Å². The number of esters is 1. The molecule has 0 saturated carbocycles. The molecule has 0 aliphatic heterocycles. The Bertz CT molecular complexity index is 1030. The highest BCUT2D eigenvalue weighted by molar-refractivity contribution is 6.31. The van der Waals surface area contributed by atoms with Gasteiger partial charge in [0, 0.05) is 11.4 Å². The predicted molar refractivity (Wildman–Crippen MR) is 103 cm³/mol. The van der Waals surface area contributed by atoms with Crippen LogP contribution in [-0.2, 0) is 20.7 Å². The third-order valence-corrected chi connectivity index (χ3v) is 4.18. The molecule has 0 aliphatic rings. The van der Waals surface area contributed by atoms with Crippen LogP contribution in [0.3, 0.4) is 0 Å². The van der Waals surface area contributed by atoms with Crippen molar-refractivity contribution in [2.24, 2.45) is 0 Å². The maximum atomic E-state index is 12.6. The number of carbonyl (C=O) groups excluding carboxylic acids is 2. The summed E-state index contributed by atoms with van der Waals surface area (Å²) in [5.41, 5.74) is 1.36. The first kappa shape index (κ1) is 20.0. The zero-order valence-corrected chi connectivity index (χ0v) is 15.8. The Balaban J connectivity index is 1.65. The minimum absolute atomic E-state index is 0.238. The maximum Gasteiger partial charge on any atom is 0.331 e. The number of hydrogen-bond donors (Lipinski definition) is 1. The van der Waals surface area contributed by atoms with E-state index >= 15 is 0 Å². The number of amides is 1. The standard InChI is InChI=1S/C19H15ClN6O3/c20-15-7-6-14(10-21)16(9-15)23-18(27)11-29-19(28)17(26-12-22-24-25-26)8-13-4-2-1-3-5-13/h1-7,9,12,17H,8,11H2,(H,23,27)/t17-/m1/s1. The molecule has 29 heavy (non-hydrogen) atoms. The zero-order valence-electron chi connectivity index (χ0n) is 15.0. The van der Waals surface area contributed by atoms with Gasteiger partial charge in [-0.1, -0.05) is 41.9 Å². The first-order valence-electron chi connectivity index (χ1n) is 8.49. The molecule has 0 saturated heterocycles. The molecule has 10 heteroatoms. The van der Waals surface area contributed by atoms with E-state index in [0.717, 1.165) is 5.56 Å². The monoisotopic (exact) mass is 410 g/mol. The Morgan fingerprint density at radius 1 is 1.24 bits per heavy atom. The van der Waals surface area contributed by atoms with Gasteiger partial charge < -0.3 is 10.1 Å². The number of nitriles is 1. The number of ether oxygens (including phenoxy) is 1. The number of nitrogens with zero attached hydrogens (tertiary/aromatic N) is 5. The SMILES string of the molecule is N#Cc1ccc(Cl)cc1NC(=O)COC(=O)[C@@H](Cc1ccccc1)n1cnnn1. The highest BCUT2D eigenvalue weighted by Crippen LogP contribution is 2.20. The van der Waals surface area contributed by atoms with E-state index < -0.39 is 24.5 Å². The average molecular weight is 411 g/mol. The quantitative estimate of drug-likeness (QED) is 0.592. The molecule has 9 nitrogen and oxygen atoms in total. The van der Waals surface area contributed by atoms with Gasteiger partial charge in [-0.3, -0.25) is 4.79 Å². The molecule has 0 unspecified atom stereocenters. The van der Waals surface area contributed by atoms with Gasteiger partial charge in [0.25, 0.3) is 5.91 Å². The highest BCUT2D eigenvalue weighted by atomic mass is 35.5. The van der Waals surface area contributed by atoms with Gasteiger partial charge in [-0.05, 0) is 34.2 Å². The highest BCUT2D eigenvalue weighted by Gasteiger charge is 2.25. The topological polar surface area (TPSA) is 123 Å². The van der Waals surface area contributed by atoms with Gasteiger partial charge in [0.05, 0.1) is 11.3 Å². The van der Waals surface area contributed by atoms with Gasteiger partial charge in [-0.2, -0.15) is 5.26 Å². The third-order valence-electron chi connectivity index (χ3n) is 3.95. The summed E-state index contributed by atoms with van der Waals surface area (Å²) in [6.45, 7) is -0.538. The first-order valence-corrected chi connectivity index (χ1v) is 8.87. The van der Waals surface area contributed by atoms with Crippen molar-refractivity contribution in [2.45, 2.75) is 12.5 Å². The second-order valence-electron chi connectivity index (χ2n) is 5.95. The van der Waals surface area contributed by atoms with Crippen molar-refractivity contribution in [2.75, 3.05) is 11.9 Å². The number of nitrogens with one attached hydrogen (secondary N) is 1. The largest absolute Gasteiger partial charge is 0.454 e. The Labute approximate surface area is 170 Å². The molecule has 146 valence electrons. The molecule has 1 aromatic heterocycles. The molecule has 0 spiro atoms. The van der Waals surface area contributed by atoms with Gasteiger partial charge in [-0.15, -0.1) is 5.10 Å². The van der Waals surface area contributed by atoms with E-state index in [-0.39, 0.29) is 11.3 Å². The second-order valence-corrected chi connectivity index (χ2v) is 6.39. The molecule has 1 amide bonds. The van der Waals surface area contributed by atoms with Crippen molar-refractivity contribution >= 4 is 29.2 Å². The molecule has 0 bridgehead atoms. The molecular formula is C19H15ClN6O3. The number of halogens is 1. The van der Waals surface area contributed by atoms with Crippen molar-refractivity contribution in [1.82, 2.24) is 20.2 Å². The lowest BCUT2D eigenvalue weighted by molar-refractivity contribution is -0.151. The van der Waals surface area contributed by atoms with Gasteiger partial charge in [-0.25, -0.2) is 9.48 Å². The third kappa shape index (κ3) is 5.37. The Morgan fingerprint density at radius 3 is 2.72 bits per heavy atom. The fourth-order valence-electron chi connectivity index (χ4n) is 2.57. The summed E-state index contributed by atoms with van der Waals surface area (Å²) in [6, 6.07) is 14.9. The summed E-state index contributed by atoms with van der Waals surface area (Å²) in [5, 5.41) is 22.8. The van der Waals surface area contributed by atoms with Gasteiger partial charge >= 0.3 is 5.97 Å². The fourth-order valence-corrected chi connectivity index (χ4v) is 2.74. The van der Waals surface area contributed by atoms with Crippen LogP contribution in [0.4, 0.5) is 5.69 Å². The number of benzene rings is 2. The molecule has 2 aromatic carbocycles. The Hall–Kier alpha value is -3.77. The molecule has 0 radical (unpaired) electrons. The first-order chi connectivity index (χ1) is 14.1. The fraction of sp³-hybridized carbons (Fsp3) is 0.158. The summed E-state index contributed by atoms with van der Waals surface area (Å²) in [6.07, 6.45) is 1.60. The van der Waals surface area contributed by atoms with Crippen LogP contribution in [0.5, 0.6) is 0 Å². The molecule has 3 aromatic rings. The number of tetrazole rings is 1. The molecule has 1 heterocycles. The van der Waals surface area contributed by atoms with Crippen LogP contribution in [0.2, 0.25) is 5.02 Å². The summed E-state index contributed by atoms with van der Waals surface area (Å²) < 4.78 is 6.43. The van der Waals surface area contributed by atoms with Crippen LogP contribution in [0, 0.1) is 11.3 Å².